The Morgan fingerprint density at radius 3 is 2.69 bits per heavy atom. The second-order valence-electron chi connectivity index (χ2n) is 4.98. The van der Waals surface area contributed by atoms with Gasteiger partial charge in [0.1, 0.15) is 0 Å². The van der Waals surface area contributed by atoms with E-state index in [1.807, 2.05) is 12.3 Å². The Morgan fingerprint density at radius 2 is 2.06 bits per heavy atom. The number of rotatable bonds is 3. The first-order valence-electron chi connectivity index (χ1n) is 6.37. The third kappa shape index (κ3) is 2.82. The molecule has 88 valence electrons. The van der Waals surface area contributed by atoms with E-state index in [-0.39, 0.29) is 0 Å². The molecule has 1 aliphatic rings. The summed E-state index contributed by atoms with van der Waals surface area (Å²) < 4.78 is 0. The lowest BCUT2D eigenvalue weighted by atomic mass is 9.83. The Hall–Kier alpha value is -0.890. The fourth-order valence-corrected chi connectivity index (χ4v) is 2.66. The maximum absolute atomic E-state index is 4.50. The standard InChI is InChI=1S/C14H22N2/c1-11-4-3-9-16-14(11)10-12-5-7-13(15-2)8-6-12/h3-4,9,12-13,15H,5-8,10H2,1-2H3. The van der Waals surface area contributed by atoms with Gasteiger partial charge in [0.05, 0.1) is 0 Å². The Morgan fingerprint density at radius 1 is 1.31 bits per heavy atom. The minimum atomic E-state index is 0.751. The molecule has 0 amide bonds. The lowest BCUT2D eigenvalue weighted by Crippen LogP contribution is -2.30. The quantitative estimate of drug-likeness (QED) is 0.843. The number of pyridine rings is 1. The molecule has 0 atom stereocenters. The van der Waals surface area contributed by atoms with Crippen LogP contribution in [0.25, 0.3) is 0 Å². The van der Waals surface area contributed by atoms with E-state index in [0.29, 0.717) is 0 Å². The first-order chi connectivity index (χ1) is 7.79. The molecule has 16 heavy (non-hydrogen) atoms. The van der Waals surface area contributed by atoms with Crippen LogP contribution in [0.3, 0.4) is 0 Å². The van der Waals surface area contributed by atoms with E-state index in [1.54, 1.807) is 0 Å². The fraction of sp³-hybridized carbons (Fsp3) is 0.643. The van der Waals surface area contributed by atoms with Crippen molar-refractivity contribution in [1.29, 1.82) is 0 Å². The van der Waals surface area contributed by atoms with Crippen LogP contribution < -0.4 is 5.32 Å². The third-order valence-corrected chi connectivity index (χ3v) is 3.85. The first kappa shape index (κ1) is 11.6. The van der Waals surface area contributed by atoms with Crippen molar-refractivity contribution in [2.45, 2.75) is 45.1 Å². The van der Waals surface area contributed by atoms with Crippen molar-refractivity contribution in [3.63, 3.8) is 0 Å². The SMILES string of the molecule is CNC1CCC(Cc2ncccc2C)CC1. The summed E-state index contributed by atoms with van der Waals surface area (Å²) in [6.45, 7) is 2.17. The molecule has 0 saturated heterocycles. The summed E-state index contributed by atoms with van der Waals surface area (Å²) in [7, 11) is 2.08. The summed E-state index contributed by atoms with van der Waals surface area (Å²) in [4.78, 5) is 4.50. The molecule has 0 bridgehead atoms. The Bertz CT molecular complexity index is 327. The van der Waals surface area contributed by atoms with Crippen molar-refractivity contribution in [3.05, 3.63) is 29.6 Å². The lowest BCUT2D eigenvalue weighted by Gasteiger charge is -2.28. The maximum Gasteiger partial charge on any atom is 0.0435 e. The molecule has 0 aliphatic heterocycles. The Kier molecular flexibility index (Phi) is 3.94. The molecule has 0 spiro atoms. The minimum absolute atomic E-state index is 0.751. The highest BCUT2D eigenvalue weighted by Crippen LogP contribution is 2.27. The monoisotopic (exact) mass is 218 g/mol. The highest BCUT2D eigenvalue weighted by Gasteiger charge is 2.20. The summed E-state index contributed by atoms with van der Waals surface area (Å²) in [6.07, 6.45) is 8.44. The van der Waals surface area contributed by atoms with Gasteiger partial charge in [-0.2, -0.15) is 0 Å². The highest BCUT2D eigenvalue weighted by molar-refractivity contribution is 5.18. The van der Waals surface area contributed by atoms with Crippen LogP contribution in [0.2, 0.25) is 0 Å². The second-order valence-corrected chi connectivity index (χ2v) is 4.98. The molecule has 1 aromatic rings. The van der Waals surface area contributed by atoms with E-state index in [9.17, 15) is 0 Å². The summed E-state index contributed by atoms with van der Waals surface area (Å²) >= 11 is 0. The van der Waals surface area contributed by atoms with Crippen LogP contribution in [0, 0.1) is 12.8 Å². The Balaban J connectivity index is 1.89. The highest BCUT2D eigenvalue weighted by atomic mass is 14.9. The average Bonchev–Trinajstić information content (AvgIpc) is 2.33. The van der Waals surface area contributed by atoms with Gasteiger partial charge in [0.15, 0.2) is 0 Å². The topological polar surface area (TPSA) is 24.9 Å². The first-order valence-corrected chi connectivity index (χ1v) is 6.37. The molecule has 1 aliphatic carbocycles. The van der Waals surface area contributed by atoms with E-state index in [4.69, 9.17) is 0 Å². The van der Waals surface area contributed by atoms with Crippen LogP contribution in [0.15, 0.2) is 18.3 Å². The summed E-state index contributed by atoms with van der Waals surface area (Å²) in [5, 5.41) is 3.38. The molecule has 0 radical (unpaired) electrons. The van der Waals surface area contributed by atoms with E-state index >= 15 is 0 Å². The third-order valence-electron chi connectivity index (χ3n) is 3.85. The van der Waals surface area contributed by atoms with Crippen LogP contribution in [-0.2, 0) is 6.42 Å². The van der Waals surface area contributed by atoms with Crippen LogP contribution >= 0.6 is 0 Å². The van der Waals surface area contributed by atoms with Crippen LogP contribution in [-0.4, -0.2) is 18.1 Å². The molecule has 1 fully saturated rings. The molecule has 1 heterocycles. The van der Waals surface area contributed by atoms with Crippen molar-refractivity contribution in [2.75, 3.05) is 7.05 Å². The van der Waals surface area contributed by atoms with Gasteiger partial charge in [0.2, 0.25) is 0 Å². The largest absolute Gasteiger partial charge is 0.317 e. The van der Waals surface area contributed by atoms with Crippen molar-refractivity contribution in [2.24, 2.45) is 5.92 Å². The summed E-state index contributed by atoms with van der Waals surface area (Å²) in [5.41, 5.74) is 2.65. The minimum Gasteiger partial charge on any atom is -0.317 e. The van der Waals surface area contributed by atoms with Crippen LogP contribution in [0.1, 0.15) is 36.9 Å². The Labute approximate surface area is 98.5 Å². The van der Waals surface area contributed by atoms with Crippen molar-refractivity contribution in [1.82, 2.24) is 10.3 Å². The van der Waals surface area contributed by atoms with E-state index in [0.717, 1.165) is 12.0 Å². The number of nitrogens with one attached hydrogen (secondary N) is 1. The molecule has 2 rings (SSSR count). The molecular formula is C14H22N2. The van der Waals surface area contributed by atoms with Crippen molar-refractivity contribution < 1.29 is 0 Å². The normalized spacial score (nSPS) is 25.6. The molecule has 2 nitrogen and oxygen atoms in total. The molecular weight excluding hydrogens is 196 g/mol. The van der Waals surface area contributed by atoms with Gasteiger partial charge in [0, 0.05) is 17.9 Å². The molecule has 0 aromatic carbocycles. The average molecular weight is 218 g/mol. The lowest BCUT2D eigenvalue weighted by molar-refractivity contribution is 0.299. The van der Waals surface area contributed by atoms with Crippen LogP contribution in [0.4, 0.5) is 0 Å². The van der Waals surface area contributed by atoms with Gasteiger partial charge in [-0.05, 0) is 63.6 Å². The predicted octanol–water partition coefficient (Wildman–Crippen LogP) is 2.71. The van der Waals surface area contributed by atoms with Gasteiger partial charge in [0.25, 0.3) is 0 Å². The molecule has 0 unspecified atom stereocenters. The second kappa shape index (κ2) is 5.44. The fourth-order valence-electron chi connectivity index (χ4n) is 2.66. The molecule has 1 saturated carbocycles. The van der Waals surface area contributed by atoms with Gasteiger partial charge < -0.3 is 5.32 Å². The maximum atomic E-state index is 4.50. The molecule has 1 aromatic heterocycles. The molecule has 2 heteroatoms. The van der Waals surface area contributed by atoms with Gasteiger partial charge in [-0.3, -0.25) is 4.98 Å². The smallest absolute Gasteiger partial charge is 0.0435 e. The van der Waals surface area contributed by atoms with Gasteiger partial charge in [-0.15, -0.1) is 0 Å². The zero-order valence-electron chi connectivity index (χ0n) is 10.4. The van der Waals surface area contributed by atoms with Crippen molar-refractivity contribution in [3.8, 4) is 0 Å². The van der Waals surface area contributed by atoms with Gasteiger partial charge >= 0.3 is 0 Å². The van der Waals surface area contributed by atoms with E-state index < -0.39 is 0 Å². The summed E-state index contributed by atoms with van der Waals surface area (Å²) in [5.74, 6) is 0.846. The van der Waals surface area contributed by atoms with Gasteiger partial charge in [-0.25, -0.2) is 0 Å². The summed E-state index contributed by atoms with van der Waals surface area (Å²) in [6, 6.07) is 4.94. The number of hydrogen-bond acceptors (Lipinski definition) is 2. The zero-order chi connectivity index (χ0) is 11.4. The zero-order valence-corrected chi connectivity index (χ0v) is 10.4. The number of aromatic nitrogens is 1. The van der Waals surface area contributed by atoms with Crippen LogP contribution in [0.5, 0.6) is 0 Å². The predicted molar refractivity (Wildman–Crippen MR) is 67.5 cm³/mol. The van der Waals surface area contributed by atoms with Gasteiger partial charge in [-0.1, -0.05) is 6.07 Å². The number of hydrogen-bond donors (Lipinski definition) is 1. The van der Waals surface area contributed by atoms with E-state index in [1.165, 1.54) is 43.4 Å². The number of aryl methyl sites for hydroxylation is 1. The van der Waals surface area contributed by atoms with E-state index in [2.05, 4.69) is 30.3 Å². The number of nitrogens with zero attached hydrogens (tertiary/aromatic N) is 1. The molecule has 1 N–H and O–H groups in total. The van der Waals surface area contributed by atoms with Crippen molar-refractivity contribution >= 4 is 0 Å².